The van der Waals surface area contributed by atoms with Crippen molar-refractivity contribution < 1.29 is 4.74 Å². The Labute approximate surface area is 173 Å². The van der Waals surface area contributed by atoms with Gasteiger partial charge in [0.1, 0.15) is 12.4 Å². The molecule has 2 rings (SSSR count). The lowest BCUT2D eigenvalue weighted by Gasteiger charge is -2.12. The highest BCUT2D eigenvalue weighted by atomic mass is 127. The average molecular weight is 471 g/mol. The summed E-state index contributed by atoms with van der Waals surface area (Å²) in [5.74, 6) is 1.74. The van der Waals surface area contributed by atoms with Gasteiger partial charge >= 0.3 is 0 Å². The highest BCUT2D eigenvalue weighted by molar-refractivity contribution is 14.0. The van der Waals surface area contributed by atoms with E-state index >= 15 is 0 Å². The SMILES string of the molecule is CCNC(=NCCCn1cccn1)NCCOc1cc(C)cc(C)c1.I. The predicted molar refractivity (Wildman–Crippen MR) is 118 cm³/mol. The third-order valence-corrected chi connectivity index (χ3v) is 3.58. The van der Waals surface area contributed by atoms with E-state index in [0.717, 1.165) is 37.8 Å². The average Bonchev–Trinajstić information content (AvgIpc) is 3.08. The van der Waals surface area contributed by atoms with Crippen LogP contribution in [0.25, 0.3) is 0 Å². The summed E-state index contributed by atoms with van der Waals surface area (Å²) in [5, 5.41) is 10.8. The number of aliphatic imine (C=N–C) groups is 1. The molecule has 0 atom stereocenters. The van der Waals surface area contributed by atoms with Crippen LogP contribution in [0.15, 0.2) is 41.7 Å². The molecule has 0 unspecified atom stereocenters. The Hall–Kier alpha value is -1.77. The second kappa shape index (κ2) is 12.6. The summed E-state index contributed by atoms with van der Waals surface area (Å²) in [6, 6.07) is 8.19. The van der Waals surface area contributed by atoms with Gasteiger partial charge in [0.15, 0.2) is 5.96 Å². The molecular weight excluding hydrogens is 441 g/mol. The highest BCUT2D eigenvalue weighted by Gasteiger charge is 1.99. The van der Waals surface area contributed by atoms with Gasteiger partial charge in [-0.25, -0.2) is 0 Å². The first-order chi connectivity index (χ1) is 12.2. The number of rotatable bonds is 9. The van der Waals surface area contributed by atoms with Gasteiger partial charge in [-0.1, -0.05) is 6.07 Å². The fourth-order valence-electron chi connectivity index (χ4n) is 2.55. The fourth-order valence-corrected chi connectivity index (χ4v) is 2.55. The fraction of sp³-hybridized carbons (Fsp3) is 0.474. The maximum Gasteiger partial charge on any atom is 0.191 e. The number of aryl methyl sites for hydroxylation is 3. The molecule has 1 aromatic carbocycles. The van der Waals surface area contributed by atoms with Crippen LogP contribution in [-0.2, 0) is 6.54 Å². The predicted octanol–water partition coefficient (Wildman–Crippen LogP) is 3.14. The molecule has 0 amide bonds. The normalized spacial score (nSPS) is 11.0. The standard InChI is InChI=1S/C19H29N5O.HI/c1-4-20-19(21-7-5-10-24-11-6-8-23-24)22-9-12-25-18-14-16(2)13-17(3)15-18;/h6,8,11,13-15H,4-5,7,9-10,12H2,1-3H3,(H2,20,21,22);1H. The maximum atomic E-state index is 5.81. The number of guanidine groups is 1. The van der Waals surface area contributed by atoms with Crippen LogP contribution in [0.1, 0.15) is 24.5 Å². The number of halogens is 1. The van der Waals surface area contributed by atoms with Gasteiger partial charge in [-0.3, -0.25) is 9.67 Å². The number of benzene rings is 1. The molecule has 0 aliphatic carbocycles. The first kappa shape index (κ1) is 22.3. The zero-order chi connectivity index (χ0) is 17.9. The minimum Gasteiger partial charge on any atom is -0.492 e. The Morgan fingerprint density at radius 3 is 2.62 bits per heavy atom. The van der Waals surface area contributed by atoms with Crippen molar-refractivity contribution in [2.75, 3.05) is 26.2 Å². The summed E-state index contributed by atoms with van der Waals surface area (Å²) >= 11 is 0. The van der Waals surface area contributed by atoms with Crippen molar-refractivity contribution in [2.45, 2.75) is 33.7 Å². The molecule has 0 saturated heterocycles. The van der Waals surface area contributed by atoms with E-state index in [4.69, 9.17) is 4.74 Å². The van der Waals surface area contributed by atoms with Crippen LogP contribution in [0.2, 0.25) is 0 Å². The minimum absolute atomic E-state index is 0. The molecule has 6 nitrogen and oxygen atoms in total. The number of ether oxygens (including phenoxy) is 1. The third kappa shape index (κ3) is 8.55. The van der Waals surface area contributed by atoms with Gasteiger partial charge in [0.05, 0.1) is 6.54 Å². The molecule has 0 saturated carbocycles. The van der Waals surface area contributed by atoms with Gasteiger partial charge in [-0.05, 0) is 56.5 Å². The summed E-state index contributed by atoms with van der Waals surface area (Å²) in [6.45, 7) is 10.0. The summed E-state index contributed by atoms with van der Waals surface area (Å²) in [6.07, 6.45) is 4.72. The van der Waals surface area contributed by atoms with Gasteiger partial charge in [-0.2, -0.15) is 5.10 Å². The first-order valence-corrected chi connectivity index (χ1v) is 8.88. The van der Waals surface area contributed by atoms with Gasteiger partial charge in [0.2, 0.25) is 0 Å². The van der Waals surface area contributed by atoms with Crippen molar-refractivity contribution in [3.05, 3.63) is 47.8 Å². The topological polar surface area (TPSA) is 63.5 Å². The quantitative estimate of drug-likeness (QED) is 0.255. The van der Waals surface area contributed by atoms with Crippen LogP contribution in [0, 0.1) is 13.8 Å². The largest absolute Gasteiger partial charge is 0.492 e. The Kier molecular flexibility index (Phi) is 10.8. The summed E-state index contributed by atoms with van der Waals surface area (Å²) in [7, 11) is 0. The number of aromatic nitrogens is 2. The number of hydrogen-bond donors (Lipinski definition) is 2. The van der Waals surface area contributed by atoms with Crippen molar-refractivity contribution in [1.82, 2.24) is 20.4 Å². The molecule has 1 heterocycles. The Bertz CT molecular complexity index is 638. The Morgan fingerprint density at radius 1 is 1.19 bits per heavy atom. The van der Waals surface area contributed by atoms with Crippen molar-refractivity contribution in [3.8, 4) is 5.75 Å². The van der Waals surface area contributed by atoms with E-state index in [1.165, 1.54) is 11.1 Å². The molecule has 0 radical (unpaired) electrons. The van der Waals surface area contributed by atoms with Crippen LogP contribution >= 0.6 is 24.0 Å². The van der Waals surface area contributed by atoms with Crippen LogP contribution in [0.3, 0.4) is 0 Å². The molecule has 7 heteroatoms. The van der Waals surface area contributed by atoms with Crippen LogP contribution in [0.4, 0.5) is 0 Å². The highest BCUT2D eigenvalue weighted by Crippen LogP contribution is 2.15. The number of nitrogens with one attached hydrogen (secondary N) is 2. The minimum atomic E-state index is 0. The van der Waals surface area contributed by atoms with E-state index in [1.54, 1.807) is 6.20 Å². The first-order valence-electron chi connectivity index (χ1n) is 8.88. The number of hydrogen-bond acceptors (Lipinski definition) is 3. The molecule has 0 bridgehead atoms. The van der Waals surface area contributed by atoms with E-state index < -0.39 is 0 Å². The van der Waals surface area contributed by atoms with Crippen LogP contribution in [-0.4, -0.2) is 42.0 Å². The molecule has 0 spiro atoms. The summed E-state index contributed by atoms with van der Waals surface area (Å²) in [4.78, 5) is 4.58. The monoisotopic (exact) mass is 471 g/mol. The Morgan fingerprint density at radius 2 is 1.96 bits per heavy atom. The lowest BCUT2D eigenvalue weighted by Crippen LogP contribution is -2.39. The summed E-state index contributed by atoms with van der Waals surface area (Å²) < 4.78 is 7.74. The van der Waals surface area contributed by atoms with E-state index in [1.807, 2.05) is 16.9 Å². The second-order valence-corrected chi connectivity index (χ2v) is 5.98. The zero-order valence-electron chi connectivity index (χ0n) is 15.9. The smallest absolute Gasteiger partial charge is 0.191 e. The lowest BCUT2D eigenvalue weighted by molar-refractivity contribution is 0.321. The third-order valence-electron chi connectivity index (χ3n) is 3.58. The van der Waals surface area contributed by atoms with Crippen molar-refractivity contribution in [3.63, 3.8) is 0 Å². The van der Waals surface area contributed by atoms with Gasteiger partial charge in [0.25, 0.3) is 0 Å². The summed E-state index contributed by atoms with van der Waals surface area (Å²) in [5.41, 5.74) is 2.44. The van der Waals surface area contributed by atoms with Crippen LogP contribution in [0.5, 0.6) is 5.75 Å². The van der Waals surface area contributed by atoms with Gasteiger partial charge in [-0.15, -0.1) is 24.0 Å². The van der Waals surface area contributed by atoms with Gasteiger partial charge in [0, 0.05) is 32.0 Å². The van der Waals surface area contributed by atoms with E-state index in [2.05, 4.69) is 59.7 Å². The molecular formula is C19H30IN5O. The second-order valence-electron chi connectivity index (χ2n) is 5.98. The Balaban J connectivity index is 0.00000338. The molecule has 144 valence electrons. The molecule has 26 heavy (non-hydrogen) atoms. The molecule has 0 aliphatic rings. The van der Waals surface area contributed by atoms with E-state index in [-0.39, 0.29) is 24.0 Å². The number of nitrogens with zero attached hydrogens (tertiary/aromatic N) is 3. The van der Waals surface area contributed by atoms with E-state index in [9.17, 15) is 0 Å². The maximum absolute atomic E-state index is 5.81. The molecule has 0 aliphatic heterocycles. The molecule has 2 aromatic rings. The van der Waals surface area contributed by atoms with Crippen molar-refractivity contribution in [2.24, 2.45) is 4.99 Å². The van der Waals surface area contributed by atoms with Crippen molar-refractivity contribution >= 4 is 29.9 Å². The molecule has 1 aromatic heterocycles. The van der Waals surface area contributed by atoms with E-state index in [0.29, 0.717) is 13.2 Å². The van der Waals surface area contributed by atoms with Crippen molar-refractivity contribution in [1.29, 1.82) is 0 Å². The van der Waals surface area contributed by atoms with Gasteiger partial charge < -0.3 is 15.4 Å². The zero-order valence-corrected chi connectivity index (χ0v) is 18.2. The lowest BCUT2D eigenvalue weighted by atomic mass is 10.1. The van der Waals surface area contributed by atoms with Crippen LogP contribution < -0.4 is 15.4 Å². The molecule has 0 fully saturated rings. The molecule has 2 N–H and O–H groups in total.